The van der Waals surface area contributed by atoms with Gasteiger partial charge < -0.3 is 15.2 Å². The van der Waals surface area contributed by atoms with Crippen molar-refractivity contribution in [1.29, 1.82) is 5.26 Å². The first-order chi connectivity index (χ1) is 11.2. The normalized spacial score (nSPS) is 16.3. The molecule has 5 nitrogen and oxygen atoms in total. The van der Waals surface area contributed by atoms with Crippen LogP contribution in [-0.2, 0) is 0 Å². The molecule has 1 aliphatic rings. The first kappa shape index (κ1) is 15.3. The summed E-state index contributed by atoms with van der Waals surface area (Å²) in [6, 6.07) is 9.71. The maximum atomic E-state index is 9.53. The number of hydrogen-bond acceptors (Lipinski definition) is 6. The summed E-state index contributed by atoms with van der Waals surface area (Å²) in [4.78, 5) is 5.30. The third-order valence-corrected chi connectivity index (χ3v) is 4.42. The highest BCUT2D eigenvalue weighted by Crippen LogP contribution is 2.43. The highest BCUT2D eigenvalue weighted by Gasteiger charge is 2.31. The van der Waals surface area contributed by atoms with Crippen molar-refractivity contribution >= 4 is 11.8 Å². The number of fused-ring (bicyclic) bond motifs is 1. The van der Waals surface area contributed by atoms with Gasteiger partial charge in [0, 0.05) is 28.9 Å². The van der Waals surface area contributed by atoms with Crippen LogP contribution in [0.25, 0.3) is 0 Å². The topological polar surface area (TPSA) is 81.2 Å². The molecular weight excluding hydrogens is 310 g/mol. The number of pyridine rings is 1. The summed E-state index contributed by atoms with van der Waals surface area (Å²) < 4.78 is 10.8. The summed E-state index contributed by atoms with van der Waals surface area (Å²) in [6.07, 6.45) is 5.54. The number of aromatic nitrogens is 1. The van der Waals surface area contributed by atoms with Crippen molar-refractivity contribution in [2.24, 2.45) is 5.73 Å². The van der Waals surface area contributed by atoms with E-state index in [1.54, 1.807) is 37.3 Å². The van der Waals surface area contributed by atoms with Crippen molar-refractivity contribution in [2.75, 3.05) is 13.4 Å². The third-order valence-electron chi connectivity index (χ3n) is 3.73. The number of nitriles is 1. The number of allylic oxidation sites excluding steroid dienone is 1. The molecule has 23 heavy (non-hydrogen) atoms. The van der Waals surface area contributed by atoms with Gasteiger partial charge >= 0.3 is 0 Å². The van der Waals surface area contributed by atoms with E-state index in [1.807, 2.05) is 24.5 Å². The molecule has 0 fully saturated rings. The van der Waals surface area contributed by atoms with Crippen molar-refractivity contribution in [1.82, 2.24) is 4.98 Å². The van der Waals surface area contributed by atoms with Crippen LogP contribution in [0.5, 0.6) is 11.5 Å². The predicted molar refractivity (Wildman–Crippen MR) is 88.3 cm³/mol. The summed E-state index contributed by atoms with van der Waals surface area (Å²) in [5, 5.41) is 9.53. The summed E-state index contributed by atoms with van der Waals surface area (Å²) in [5.74, 6) is 1.09. The average molecular weight is 325 g/mol. The number of benzene rings is 1. The Morgan fingerprint density at radius 2 is 2.17 bits per heavy atom. The zero-order chi connectivity index (χ0) is 16.4. The van der Waals surface area contributed by atoms with E-state index in [9.17, 15) is 5.26 Å². The maximum Gasteiger partial charge on any atom is 0.205 e. The standard InChI is InChI=1S/C17H15N3O2S/c1-21-11-3-4-13-15(6-11)22-17(19)14(7-18)16(13)10-5-12(23-2)9-20-8-10/h3-6,8-9,16H,19H2,1-2H3. The number of ether oxygens (including phenoxy) is 2. The van der Waals surface area contributed by atoms with Crippen LogP contribution in [0.1, 0.15) is 17.0 Å². The molecule has 0 aliphatic carbocycles. The first-order valence-corrected chi connectivity index (χ1v) is 8.15. The van der Waals surface area contributed by atoms with Crippen molar-refractivity contribution in [2.45, 2.75) is 10.8 Å². The molecule has 0 saturated carbocycles. The molecule has 2 heterocycles. The minimum Gasteiger partial charge on any atom is -0.497 e. The predicted octanol–water partition coefficient (Wildman–Crippen LogP) is 3.03. The number of rotatable bonds is 3. The Labute approximate surface area is 138 Å². The molecule has 0 radical (unpaired) electrons. The van der Waals surface area contributed by atoms with Gasteiger partial charge in [-0.2, -0.15) is 5.26 Å². The summed E-state index contributed by atoms with van der Waals surface area (Å²) in [6.45, 7) is 0. The Balaban J connectivity index is 2.19. The molecule has 0 bridgehead atoms. The molecule has 1 aromatic carbocycles. The lowest BCUT2D eigenvalue weighted by Crippen LogP contribution is -2.21. The van der Waals surface area contributed by atoms with Gasteiger partial charge in [0.15, 0.2) is 0 Å². The third kappa shape index (κ3) is 2.71. The molecule has 2 N–H and O–H groups in total. The Hall–Kier alpha value is -2.65. The zero-order valence-electron chi connectivity index (χ0n) is 12.7. The Morgan fingerprint density at radius 1 is 1.35 bits per heavy atom. The van der Waals surface area contributed by atoms with Gasteiger partial charge in [-0.05, 0) is 24.0 Å². The van der Waals surface area contributed by atoms with E-state index in [-0.39, 0.29) is 11.8 Å². The fourth-order valence-electron chi connectivity index (χ4n) is 2.61. The maximum absolute atomic E-state index is 9.53. The smallest absolute Gasteiger partial charge is 0.205 e. The minimum absolute atomic E-state index is 0.118. The van der Waals surface area contributed by atoms with Crippen LogP contribution in [0.4, 0.5) is 0 Å². The Morgan fingerprint density at radius 3 is 2.87 bits per heavy atom. The fourth-order valence-corrected chi connectivity index (χ4v) is 3.03. The number of hydrogen-bond donors (Lipinski definition) is 1. The number of methoxy groups -OCH3 is 1. The zero-order valence-corrected chi connectivity index (χ0v) is 13.6. The van der Waals surface area contributed by atoms with E-state index >= 15 is 0 Å². The molecule has 0 saturated heterocycles. The molecular formula is C17H15N3O2S. The van der Waals surface area contributed by atoms with E-state index < -0.39 is 0 Å². The van der Waals surface area contributed by atoms with Gasteiger partial charge in [0.05, 0.1) is 13.0 Å². The molecule has 1 unspecified atom stereocenters. The van der Waals surface area contributed by atoms with Crippen LogP contribution in [-0.4, -0.2) is 18.3 Å². The molecule has 3 rings (SSSR count). The summed E-state index contributed by atoms with van der Waals surface area (Å²) in [7, 11) is 1.59. The average Bonchev–Trinajstić information content (AvgIpc) is 2.59. The van der Waals surface area contributed by atoms with E-state index in [0.29, 0.717) is 17.1 Å². The van der Waals surface area contributed by atoms with Crippen molar-refractivity contribution in [3.05, 3.63) is 59.2 Å². The Kier molecular flexibility index (Phi) is 4.13. The molecule has 1 aliphatic heterocycles. The van der Waals surface area contributed by atoms with Gasteiger partial charge in [0.25, 0.3) is 0 Å². The van der Waals surface area contributed by atoms with Gasteiger partial charge in [0.2, 0.25) is 5.88 Å². The lowest BCUT2D eigenvalue weighted by Gasteiger charge is -2.26. The van der Waals surface area contributed by atoms with Crippen LogP contribution in [0, 0.1) is 11.3 Å². The van der Waals surface area contributed by atoms with Crippen molar-refractivity contribution in [3.8, 4) is 17.6 Å². The second-order valence-electron chi connectivity index (χ2n) is 4.99. The molecule has 2 aromatic rings. The largest absolute Gasteiger partial charge is 0.497 e. The molecule has 116 valence electrons. The molecule has 1 aromatic heterocycles. The van der Waals surface area contributed by atoms with Gasteiger partial charge in [0.1, 0.15) is 23.1 Å². The molecule has 0 amide bonds. The summed E-state index contributed by atoms with van der Waals surface area (Å²) in [5.41, 5.74) is 8.13. The Bertz CT molecular complexity index is 827. The lowest BCUT2D eigenvalue weighted by atomic mass is 9.84. The molecule has 6 heteroatoms. The molecule has 0 spiro atoms. The van der Waals surface area contributed by atoms with Crippen LogP contribution in [0.15, 0.2) is 53.0 Å². The van der Waals surface area contributed by atoms with Crippen LogP contribution >= 0.6 is 11.8 Å². The first-order valence-electron chi connectivity index (χ1n) is 6.92. The second-order valence-corrected chi connectivity index (χ2v) is 5.87. The van der Waals surface area contributed by atoms with Gasteiger partial charge in [-0.25, -0.2) is 0 Å². The minimum atomic E-state index is -0.297. The van der Waals surface area contributed by atoms with Crippen LogP contribution < -0.4 is 15.2 Å². The van der Waals surface area contributed by atoms with Gasteiger partial charge in [-0.15, -0.1) is 11.8 Å². The van der Waals surface area contributed by atoms with E-state index in [0.717, 1.165) is 16.0 Å². The fraction of sp³-hybridized carbons (Fsp3) is 0.176. The second kappa shape index (κ2) is 6.23. The van der Waals surface area contributed by atoms with Crippen LogP contribution in [0.3, 0.4) is 0 Å². The van der Waals surface area contributed by atoms with Crippen molar-refractivity contribution < 1.29 is 9.47 Å². The molecule has 1 atom stereocenters. The highest BCUT2D eigenvalue weighted by molar-refractivity contribution is 7.98. The number of nitrogens with zero attached hydrogens (tertiary/aromatic N) is 2. The lowest BCUT2D eigenvalue weighted by molar-refractivity contribution is 0.381. The highest BCUT2D eigenvalue weighted by atomic mass is 32.2. The SMILES string of the molecule is COc1ccc2c(c1)OC(N)=C(C#N)C2c1cncc(SC)c1. The van der Waals surface area contributed by atoms with Crippen LogP contribution in [0.2, 0.25) is 0 Å². The number of thioether (sulfide) groups is 1. The van der Waals surface area contributed by atoms with E-state index in [1.165, 1.54) is 0 Å². The van der Waals surface area contributed by atoms with Gasteiger partial charge in [-0.1, -0.05) is 6.07 Å². The monoisotopic (exact) mass is 325 g/mol. The van der Waals surface area contributed by atoms with E-state index in [4.69, 9.17) is 15.2 Å². The van der Waals surface area contributed by atoms with Gasteiger partial charge in [-0.3, -0.25) is 4.98 Å². The quantitative estimate of drug-likeness (QED) is 0.874. The summed E-state index contributed by atoms with van der Waals surface area (Å²) >= 11 is 1.60. The number of nitrogens with two attached hydrogens (primary N) is 1. The van der Waals surface area contributed by atoms with Crippen molar-refractivity contribution in [3.63, 3.8) is 0 Å². The van der Waals surface area contributed by atoms with E-state index in [2.05, 4.69) is 11.1 Å².